The molecule has 0 spiro atoms. The first-order valence-electron chi connectivity index (χ1n) is 8.64. The molecular weight excluding hydrogens is 334 g/mol. The van der Waals surface area contributed by atoms with Crippen LogP contribution in [0.4, 0.5) is 10.5 Å². The first-order valence-corrected chi connectivity index (χ1v) is 9.02. The van der Waals surface area contributed by atoms with Gasteiger partial charge in [0.25, 0.3) is 0 Å². The van der Waals surface area contributed by atoms with Gasteiger partial charge in [-0.25, -0.2) is 4.79 Å². The van der Waals surface area contributed by atoms with Gasteiger partial charge < -0.3 is 10.2 Å². The topological polar surface area (TPSA) is 35.6 Å². The van der Waals surface area contributed by atoms with Gasteiger partial charge in [-0.2, -0.15) is 0 Å². The van der Waals surface area contributed by atoms with Crippen LogP contribution in [0.15, 0.2) is 54.6 Å². The second-order valence-electron chi connectivity index (χ2n) is 6.70. The average Bonchev–Trinajstić information content (AvgIpc) is 2.59. The number of nitrogens with zero attached hydrogens (tertiary/aromatic N) is 2. The molecule has 0 bridgehead atoms. The van der Waals surface area contributed by atoms with Gasteiger partial charge in [0.2, 0.25) is 0 Å². The van der Waals surface area contributed by atoms with E-state index in [1.165, 1.54) is 5.56 Å². The van der Waals surface area contributed by atoms with Crippen molar-refractivity contribution in [3.63, 3.8) is 0 Å². The van der Waals surface area contributed by atoms with Crippen LogP contribution in [0, 0.1) is 0 Å². The summed E-state index contributed by atoms with van der Waals surface area (Å²) in [6.45, 7) is 6.69. The first kappa shape index (κ1) is 17.8. The summed E-state index contributed by atoms with van der Waals surface area (Å²) < 4.78 is 0. The highest BCUT2D eigenvalue weighted by Crippen LogP contribution is 2.21. The number of anilines is 1. The van der Waals surface area contributed by atoms with Gasteiger partial charge in [-0.1, -0.05) is 48.0 Å². The molecular formula is C20H24ClN3O. The Kier molecular flexibility index (Phi) is 5.61. The van der Waals surface area contributed by atoms with E-state index in [-0.39, 0.29) is 6.03 Å². The second kappa shape index (κ2) is 7.89. The summed E-state index contributed by atoms with van der Waals surface area (Å²) in [5.74, 6) is 0. The third kappa shape index (κ3) is 4.53. The van der Waals surface area contributed by atoms with Crippen molar-refractivity contribution < 1.29 is 4.79 Å². The second-order valence-corrected chi connectivity index (χ2v) is 7.14. The summed E-state index contributed by atoms with van der Waals surface area (Å²) in [5.41, 5.74) is 2.03. The molecule has 0 radical (unpaired) electrons. The lowest BCUT2D eigenvalue weighted by Gasteiger charge is -2.44. The van der Waals surface area contributed by atoms with Gasteiger partial charge in [-0.3, -0.25) is 4.90 Å². The molecule has 1 fully saturated rings. The number of carbonyl (C=O) groups excluding carboxylic acids is 1. The Hall–Kier alpha value is -2.04. The molecule has 4 nitrogen and oxygen atoms in total. The zero-order chi connectivity index (χ0) is 17.8. The van der Waals surface area contributed by atoms with Gasteiger partial charge in [0.15, 0.2) is 0 Å². The van der Waals surface area contributed by atoms with Crippen molar-refractivity contribution in [1.29, 1.82) is 0 Å². The lowest BCUT2D eigenvalue weighted by Crippen LogP contribution is -2.58. The van der Waals surface area contributed by atoms with Crippen LogP contribution in [0.25, 0.3) is 0 Å². The highest BCUT2D eigenvalue weighted by Gasteiger charge is 2.31. The Morgan fingerprint density at radius 2 is 1.76 bits per heavy atom. The van der Waals surface area contributed by atoms with Crippen molar-refractivity contribution in [1.82, 2.24) is 9.80 Å². The average molecular weight is 358 g/mol. The van der Waals surface area contributed by atoms with E-state index in [1.807, 2.05) is 23.1 Å². The Bertz CT molecular complexity index is 710. The van der Waals surface area contributed by atoms with Crippen molar-refractivity contribution in [3.05, 3.63) is 65.2 Å². The monoisotopic (exact) mass is 357 g/mol. The quantitative estimate of drug-likeness (QED) is 0.879. The Morgan fingerprint density at radius 3 is 2.40 bits per heavy atom. The van der Waals surface area contributed by atoms with Crippen molar-refractivity contribution in [2.45, 2.75) is 32.5 Å². The maximum atomic E-state index is 12.6. The number of rotatable bonds is 3. The fourth-order valence-electron chi connectivity index (χ4n) is 3.40. The van der Waals surface area contributed by atoms with E-state index in [0.29, 0.717) is 30.2 Å². The molecule has 2 aromatic rings. The molecule has 25 heavy (non-hydrogen) atoms. The molecule has 2 amide bonds. The minimum absolute atomic E-state index is 0.0691. The molecule has 2 unspecified atom stereocenters. The lowest BCUT2D eigenvalue weighted by atomic mass is 10.1. The predicted octanol–water partition coefficient (Wildman–Crippen LogP) is 4.47. The maximum absolute atomic E-state index is 12.6. The van der Waals surface area contributed by atoms with Crippen molar-refractivity contribution in [3.8, 4) is 0 Å². The third-order valence-electron chi connectivity index (χ3n) is 4.67. The van der Waals surface area contributed by atoms with E-state index in [1.54, 1.807) is 12.1 Å². The summed E-state index contributed by atoms with van der Waals surface area (Å²) in [4.78, 5) is 16.9. The highest BCUT2D eigenvalue weighted by atomic mass is 35.5. The zero-order valence-corrected chi connectivity index (χ0v) is 15.4. The summed E-state index contributed by atoms with van der Waals surface area (Å²) in [6.07, 6.45) is 0. The van der Waals surface area contributed by atoms with E-state index in [9.17, 15) is 4.79 Å². The van der Waals surface area contributed by atoms with Crippen molar-refractivity contribution in [2.75, 3.05) is 18.4 Å². The molecule has 1 N–H and O–H groups in total. The van der Waals surface area contributed by atoms with Crippen LogP contribution in [0.3, 0.4) is 0 Å². The van der Waals surface area contributed by atoms with E-state index in [0.717, 1.165) is 12.2 Å². The molecule has 1 aliphatic heterocycles. The molecule has 1 heterocycles. The van der Waals surface area contributed by atoms with Gasteiger partial charge in [0.1, 0.15) is 0 Å². The summed E-state index contributed by atoms with van der Waals surface area (Å²) >= 11 is 5.98. The first-order chi connectivity index (χ1) is 12.0. The van der Waals surface area contributed by atoms with E-state index >= 15 is 0 Å². The van der Waals surface area contributed by atoms with Gasteiger partial charge in [-0.05, 0) is 37.6 Å². The molecule has 2 atom stereocenters. The number of carbonyl (C=O) groups is 1. The number of piperazine rings is 1. The largest absolute Gasteiger partial charge is 0.321 e. The number of amides is 2. The molecule has 0 aromatic heterocycles. The van der Waals surface area contributed by atoms with Crippen LogP contribution >= 0.6 is 11.6 Å². The van der Waals surface area contributed by atoms with Crippen LogP contribution in [-0.2, 0) is 6.54 Å². The SMILES string of the molecule is CC1CN(C(=O)Nc2cccc(Cl)c2)CC(C)N1Cc1ccccc1. The fourth-order valence-corrected chi connectivity index (χ4v) is 3.59. The maximum Gasteiger partial charge on any atom is 0.321 e. The highest BCUT2D eigenvalue weighted by molar-refractivity contribution is 6.30. The Balaban J connectivity index is 1.62. The third-order valence-corrected chi connectivity index (χ3v) is 4.91. The summed E-state index contributed by atoms with van der Waals surface area (Å²) in [6, 6.07) is 18.2. The smallest absolute Gasteiger partial charge is 0.321 e. The number of hydrogen-bond acceptors (Lipinski definition) is 2. The van der Waals surface area contributed by atoms with E-state index in [4.69, 9.17) is 11.6 Å². The van der Waals surface area contributed by atoms with E-state index < -0.39 is 0 Å². The molecule has 132 valence electrons. The number of hydrogen-bond donors (Lipinski definition) is 1. The molecule has 0 saturated carbocycles. The van der Waals surface area contributed by atoms with Crippen molar-refractivity contribution >= 4 is 23.3 Å². The van der Waals surface area contributed by atoms with E-state index in [2.05, 4.69) is 48.3 Å². The predicted molar refractivity (Wildman–Crippen MR) is 103 cm³/mol. The number of benzene rings is 2. The molecule has 3 rings (SSSR count). The molecule has 1 saturated heterocycles. The fraction of sp³-hybridized carbons (Fsp3) is 0.350. The van der Waals surface area contributed by atoms with Gasteiger partial charge >= 0.3 is 6.03 Å². The van der Waals surface area contributed by atoms with Crippen LogP contribution in [0.5, 0.6) is 0 Å². The van der Waals surface area contributed by atoms with Gasteiger partial charge in [0, 0.05) is 42.4 Å². The summed E-state index contributed by atoms with van der Waals surface area (Å²) in [5, 5.41) is 3.56. The minimum atomic E-state index is -0.0691. The van der Waals surface area contributed by atoms with Crippen LogP contribution < -0.4 is 5.32 Å². The normalized spacial score (nSPS) is 21.2. The van der Waals surface area contributed by atoms with Crippen LogP contribution in [0.1, 0.15) is 19.4 Å². The standard InChI is InChI=1S/C20H24ClN3O/c1-15-12-23(20(25)22-19-10-6-9-18(21)11-19)13-16(2)24(15)14-17-7-4-3-5-8-17/h3-11,15-16H,12-14H2,1-2H3,(H,22,25). The Morgan fingerprint density at radius 1 is 1.08 bits per heavy atom. The molecule has 5 heteroatoms. The lowest BCUT2D eigenvalue weighted by molar-refractivity contribution is 0.0526. The van der Waals surface area contributed by atoms with Crippen LogP contribution in [0.2, 0.25) is 5.02 Å². The van der Waals surface area contributed by atoms with Crippen molar-refractivity contribution in [2.24, 2.45) is 0 Å². The summed E-state index contributed by atoms with van der Waals surface area (Å²) in [7, 11) is 0. The number of urea groups is 1. The molecule has 0 aliphatic carbocycles. The Labute approximate surface area is 154 Å². The van der Waals surface area contributed by atoms with Gasteiger partial charge in [0.05, 0.1) is 0 Å². The van der Waals surface area contributed by atoms with Crippen LogP contribution in [-0.4, -0.2) is 41.0 Å². The minimum Gasteiger partial charge on any atom is -0.321 e. The number of nitrogens with one attached hydrogen (secondary N) is 1. The molecule has 1 aliphatic rings. The van der Waals surface area contributed by atoms with Gasteiger partial charge in [-0.15, -0.1) is 0 Å². The zero-order valence-electron chi connectivity index (χ0n) is 14.7. The number of halogens is 1. The molecule has 2 aromatic carbocycles.